The second-order valence-electron chi connectivity index (χ2n) is 8.79. The molecule has 0 bridgehead atoms. The summed E-state index contributed by atoms with van der Waals surface area (Å²) in [6, 6.07) is 0. The maximum Gasteiger partial charge on any atom is 0.202 e. The van der Waals surface area contributed by atoms with Crippen molar-refractivity contribution in [2.24, 2.45) is 11.3 Å². The Morgan fingerprint density at radius 3 is 2.12 bits per heavy atom. The Labute approximate surface area is 156 Å². The predicted molar refractivity (Wildman–Crippen MR) is 110 cm³/mol. The molecule has 25 heavy (non-hydrogen) atoms. The highest BCUT2D eigenvalue weighted by Gasteiger charge is 2.51. The van der Waals surface area contributed by atoms with E-state index in [4.69, 9.17) is 4.43 Å². The van der Waals surface area contributed by atoms with Crippen molar-refractivity contribution in [3.8, 4) is 11.8 Å². The van der Waals surface area contributed by atoms with E-state index in [2.05, 4.69) is 66.9 Å². The number of hydrogen-bond acceptors (Lipinski definition) is 2. The van der Waals surface area contributed by atoms with Crippen LogP contribution in [0.2, 0.25) is 16.6 Å². The summed E-state index contributed by atoms with van der Waals surface area (Å²) in [5, 5.41) is 0. The fourth-order valence-corrected chi connectivity index (χ4v) is 10.00. The van der Waals surface area contributed by atoms with Crippen LogP contribution in [0.5, 0.6) is 0 Å². The van der Waals surface area contributed by atoms with E-state index < -0.39 is 8.32 Å². The first-order valence-electron chi connectivity index (χ1n) is 9.81. The van der Waals surface area contributed by atoms with Gasteiger partial charge >= 0.3 is 0 Å². The Hall–Kier alpha value is -0.853. The molecule has 1 aliphatic carbocycles. The highest BCUT2D eigenvalue weighted by Crippen LogP contribution is 2.54. The molecule has 3 heteroatoms. The van der Waals surface area contributed by atoms with E-state index in [9.17, 15) is 4.79 Å². The summed E-state index contributed by atoms with van der Waals surface area (Å²) in [6.07, 6.45) is 4.03. The lowest BCUT2D eigenvalue weighted by Crippen LogP contribution is -2.50. The van der Waals surface area contributed by atoms with E-state index in [1.54, 1.807) is 0 Å². The van der Waals surface area contributed by atoms with Gasteiger partial charge in [-0.25, -0.2) is 0 Å². The summed E-state index contributed by atoms with van der Waals surface area (Å²) in [4.78, 5) is 12.5. The lowest BCUT2D eigenvalue weighted by molar-refractivity contribution is -0.121. The number of Topliss-reactive ketones (excluding diaryl/α,β-unsaturated/α-hetero) is 1. The molecule has 0 heterocycles. The second-order valence-corrected chi connectivity index (χ2v) is 14.2. The Morgan fingerprint density at radius 2 is 1.76 bits per heavy atom. The number of carbonyl (C=O) groups is 1. The Morgan fingerprint density at radius 1 is 1.24 bits per heavy atom. The molecule has 1 aliphatic rings. The fourth-order valence-electron chi connectivity index (χ4n) is 4.51. The molecule has 0 radical (unpaired) electrons. The maximum absolute atomic E-state index is 12.5. The molecule has 1 rings (SSSR count). The van der Waals surface area contributed by atoms with Crippen LogP contribution in [0.25, 0.3) is 0 Å². The van der Waals surface area contributed by atoms with Crippen molar-refractivity contribution in [3.63, 3.8) is 0 Å². The first kappa shape index (κ1) is 22.2. The van der Waals surface area contributed by atoms with Crippen molar-refractivity contribution < 1.29 is 9.22 Å². The molecule has 0 aromatic carbocycles. The SMILES string of the molecule is C=C[C@@]1(C)C[C@H]1C(=O)CCC(C#CC)O[Si](C(C)C)(C(C)C)C(C)C. The number of ketones is 1. The third-order valence-corrected chi connectivity index (χ3v) is 12.3. The molecule has 142 valence electrons. The second kappa shape index (κ2) is 8.69. The van der Waals surface area contributed by atoms with E-state index in [1.165, 1.54) is 0 Å². The largest absolute Gasteiger partial charge is 0.402 e. The molecule has 1 saturated carbocycles. The molecule has 1 fully saturated rings. The van der Waals surface area contributed by atoms with Gasteiger partial charge in [0.25, 0.3) is 0 Å². The van der Waals surface area contributed by atoms with E-state index in [1.807, 2.05) is 13.0 Å². The zero-order valence-electron chi connectivity index (χ0n) is 17.6. The van der Waals surface area contributed by atoms with Crippen LogP contribution < -0.4 is 0 Å². The van der Waals surface area contributed by atoms with Crippen molar-refractivity contribution in [2.45, 2.75) is 97.4 Å². The number of allylic oxidation sites excluding steroid dienone is 1. The van der Waals surface area contributed by atoms with Crippen molar-refractivity contribution in [1.29, 1.82) is 0 Å². The Bertz CT molecular complexity index is 516. The van der Waals surface area contributed by atoms with E-state index in [-0.39, 0.29) is 17.4 Å². The smallest absolute Gasteiger partial charge is 0.202 e. The van der Waals surface area contributed by atoms with Crippen molar-refractivity contribution >= 4 is 14.1 Å². The average molecular weight is 363 g/mol. The molecule has 2 nitrogen and oxygen atoms in total. The molecule has 1 unspecified atom stereocenters. The van der Waals surface area contributed by atoms with Gasteiger partial charge in [0, 0.05) is 12.3 Å². The normalized spacial score (nSPS) is 24.2. The summed E-state index contributed by atoms with van der Waals surface area (Å²) in [5.74, 6) is 6.77. The average Bonchev–Trinajstić information content (AvgIpc) is 3.21. The van der Waals surface area contributed by atoms with Gasteiger partial charge in [0.1, 0.15) is 11.9 Å². The molecular weight excluding hydrogens is 324 g/mol. The molecular formula is C22H38O2Si. The molecule has 0 spiro atoms. The summed E-state index contributed by atoms with van der Waals surface area (Å²) in [7, 11) is -1.98. The van der Waals surface area contributed by atoms with Crippen LogP contribution in [0.3, 0.4) is 0 Å². The Kier molecular flexibility index (Phi) is 7.71. The van der Waals surface area contributed by atoms with Crippen molar-refractivity contribution in [1.82, 2.24) is 0 Å². The lowest BCUT2D eigenvalue weighted by Gasteiger charge is -2.43. The van der Waals surface area contributed by atoms with Crippen LogP contribution in [0.1, 0.15) is 74.7 Å². The standard InChI is InChI=1S/C22H38O2Si/c1-10-12-19(13-14-21(23)20-15-22(20,9)11-2)24-25(16(3)4,17(5)6)18(7)8/h11,16-20H,2,13-15H2,1,3-9H3/t19?,20-,22-/m0/s1. The number of carbonyl (C=O) groups excluding carboxylic acids is 1. The van der Waals surface area contributed by atoms with Gasteiger partial charge in [-0.2, -0.15) is 0 Å². The van der Waals surface area contributed by atoms with Crippen LogP contribution >= 0.6 is 0 Å². The van der Waals surface area contributed by atoms with E-state index >= 15 is 0 Å². The predicted octanol–water partition coefficient (Wildman–Crippen LogP) is 6.13. The fraction of sp³-hybridized carbons (Fsp3) is 0.773. The van der Waals surface area contributed by atoms with Crippen molar-refractivity contribution in [2.75, 3.05) is 0 Å². The quantitative estimate of drug-likeness (QED) is 0.265. The van der Waals surface area contributed by atoms with E-state index in [0.717, 1.165) is 6.42 Å². The summed E-state index contributed by atoms with van der Waals surface area (Å²) in [5.41, 5.74) is 1.60. The van der Waals surface area contributed by atoms with Gasteiger partial charge in [0.2, 0.25) is 8.32 Å². The molecule has 0 N–H and O–H groups in total. The third-order valence-electron chi connectivity index (χ3n) is 6.15. The minimum absolute atomic E-state index is 0.0240. The molecule has 3 atom stereocenters. The zero-order chi connectivity index (χ0) is 19.4. The van der Waals surface area contributed by atoms with E-state index in [0.29, 0.717) is 35.2 Å². The summed E-state index contributed by atoms with van der Waals surface area (Å²) < 4.78 is 6.78. The van der Waals surface area contributed by atoms with Gasteiger partial charge in [-0.05, 0) is 41.8 Å². The minimum Gasteiger partial charge on any atom is -0.402 e. The molecule has 0 aromatic heterocycles. The van der Waals surface area contributed by atoms with Crippen LogP contribution in [-0.4, -0.2) is 20.2 Å². The van der Waals surface area contributed by atoms with Gasteiger partial charge in [-0.3, -0.25) is 4.79 Å². The highest BCUT2D eigenvalue weighted by atomic mass is 28.4. The molecule has 0 aliphatic heterocycles. The van der Waals surface area contributed by atoms with Crippen LogP contribution in [-0.2, 0) is 9.22 Å². The van der Waals surface area contributed by atoms with Crippen LogP contribution in [0.4, 0.5) is 0 Å². The molecule has 0 saturated heterocycles. The van der Waals surface area contributed by atoms with Gasteiger partial charge < -0.3 is 4.43 Å². The number of rotatable bonds is 10. The first-order chi connectivity index (χ1) is 11.5. The van der Waals surface area contributed by atoms with Gasteiger partial charge in [0.05, 0.1) is 0 Å². The van der Waals surface area contributed by atoms with Crippen LogP contribution in [0, 0.1) is 23.2 Å². The molecule has 0 aromatic rings. The highest BCUT2D eigenvalue weighted by molar-refractivity contribution is 6.77. The number of hydrogen-bond donors (Lipinski definition) is 0. The van der Waals surface area contributed by atoms with Gasteiger partial charge in [-0.15, -0.1) is 12.5 Å². The third kappa shape index (κ3) is 4.86. The summed E-state index contributed by atoms with van der Waals surface area (Å²) >= 11 is 0. The minimum atomic E-state index is -1.98. The molecule has 0 amide bonds. The monoisotopic (exact) mass is 362 g/mol. The van der Waals surface area contributed by atoms with Gasteiger partial charge in [0.15, 0.2) is 0 Å². The lowest BCUT2D eigenvalue weighted by atomic mass is 10.0. The maximum atomic E-state index is 12.5. The topological polar surface area (TPSA) is 26.3 Å². The zero-order valence-corrected chi connectivity index (χ0v) is 18.6. The summed E-state index contributed by atoms with van der Waals surface area (Å²) in [6.45, 7) is 21.6. The van der Waals surface area contributed by atoms with Crippen LogP contribution in [0.15, 0.2) is 12.7 Å². The Balaban J connectivity index is 2.83. The first-order valence-corrected chi connectivity index (χ1v) is 12.0. The van der Waals surface area contributed by atoms with Gasteiger partial charge in [-0.1, -0.05) is 60.5 Å². The van der Waals surface area contributed by atoms with Crippen molar-refractivity contribution in [3.05, 3.63) is 12.7 Å².